The highest BCUT2D eigenvalue weighted by atomic mass is 16.3. The molecule has 1 N–H and O–H groups in total. The molecule has 6 rings (SSSR count). The number of anilines is 2. The predicted octanol–water partition coefficient (Wildman–Crippen LogP) is 8.26. The Morgan fingerprint density at radius 2 is 0.935 bits per heavy atom. The molecule has 3 nitrogen and oxygen atoms in total. The Morgan fingerprint density at radius 1 is 0.452 bits per heavy atom. The summed E-state index contributed by atoms with van der Waals surface area (Å²) in [6, 6.07) is 33.4. The average Bonchev–Trinajstić information content (AvgIpc) is 3.47. The van der Waals surface area contributed by atoms with E-state index in [1.54, 1.807) is 12.5 Å². The first kappa shape index (κ1) is 17.6. The summed E-state index contributed by atoms with van der Waals surface area (Å²) in [6.45, 7) is 0. The SMILES string of the molecule is c1cc(Nc2cccc(-c3ccc4ccoc4c3)c2)cc(-c2ccc3ccoc3c2)c1. The van der Waals surface area contributed by atoms with Crippen LogP contribution < -0.4 is 5.32 Å². The maximum atomic E-state index is 5.56. The molecule has 0 fully saturated rings. The van der Waals surface area contributed by atoms with E-state index in [1.807, 2.05) is 12.1 Å². The van der Waals surface area contributed by atoms with Crippen LogP contribution in [-0.4, -0.2) is 0 Å². The molecule has 0 radical (unpaired) electrons. The fraction of sp³-hybridized carbons (Fsp3) is 0. The van der Waals surface area contributed by atoms with Crippen LogP contribution in [0.5, 0.6) is 0 Å². The number of furan rings is 2. The van der Waals surface area contributed by atoms with Crippen molar-refractivity contribution in [3.05, 3.63) is 110 Å². The molecular formula is C28H19NO2. The average molecular weight is 401 g/mol. The molecule has 0 bridgehead atoms. The molecule has 2 heterocycles. The van der Waals surface area contributed by atoms with Gasteiger partial charge in [0.15, 0.2) is 0 Å². The van der Waals surface area contributed by atoms with Crippen LogP contribution in [0.15, 0.2) is 118 Å². The first-order valence-corrected chi connectivity index (χ1v) is 10.2. The van der Waals surface area contributed by atoms with Gasteiger partial charge in [-0.25, -0.2) is 0 Å². The Hall–Kier alpha value is -4.24. The monoisotopic (exact) mass is 401 g/mol. The number of fused-ring (bicyclic) bond motifs is 2. The molecule has 31 heavy (non-hydrogen) atoms. The third-order valence-electron chi connectivity index (χ3n) is 5.59. The molecule has 0 aliphatic carbocycles. The predicted molar refractivity (Wildman–Crippen MR) is 127 cm³/mol. The highest BCUT2D eigenvalue weighted by Crippen LogP contribution is 2.30. The largest absolute Gasteiger partial charge is 0.464 e. The van der Waals surface area contributed by atoms with E-state index < -0.39 is 0 Å². The molecule has 4 aromatic carbocycles. The minimum atomic E-state index is 0.900. The van der Waals surface area contributed by atoms with Crippen molar-refractivity contribution in [1.29, 1.82) is 0 Å². The third-order valence-corrected chi connectivity index (χ3v) is 5.59. The maximum absolute atomic E-state index is 5.56. The molecule has 148 valence electrons. The zero-order chi connectivity index (χ0) is 20.6. The first-order chi connectivity index (χ1) is 15.3. The summed E-state index contributed by atoms with van der Waals surface area (Å²) in [5.74, 6) is 0. The molecule has 6 aromatic rings. The molecule has 0 saturated heterocycles. The zero-order valence-corrected chi connectivity index (χ0v) is 16.7. The number of hydrogen-bond donors (Lipinski definition) is 1. The maximum Gasteiger partial charge on any atom is 0.134 e. The molecule has 0 spiro atoms. The highest BCUT2D eigenvalue weighted by Gasteiger charge is 2.06. The lowest BCUT2D eigenvalue weighted by Crippen LogP contribution is -1.91. The lowest BCUT2D eigenvalue weighted by molar-refractivity contribution is 0.615. The van der Waals surface area contributed by atoms with Gasteiger partial charge in [-0.05, 0) is 70.8 Å². The summed E-state index contributed by atoms with van der Waals surface area (Å²) in [4.78, 5) is 0. The van der Waals surface area contributed by atoms with Crippen molar-refractivity contribution in [2.75, 3.05) is 5.32 Å². The van der Waals surface area contributed by atoms with Crippen LogP contribution in [0.25, 0.3) is 44.2 Å². The first-order valence-electron chi connectivity index (χ1n) is 10.2. The Labute approximate surface area is 179 Å². The zero-order valence-electron chi connectivity index (χ0n) is 16.7. The Morgan fingerprint density at radius 3 is 1.45 bits per heavy atom. The Kier molecular flexibility index (Phi) is 4.10. The van der Waals surface area contributed by atoms with E-state index >= 15 is 0 Å². The van der Waals surface area contributed by atoms with Crippen molar-refractivity contribution < 1.29 is 8.83 Å². The van der Waals surface area contributed by atoms with Gasteiger partial charge in [-0.3, -0.25) is 0 Å². The van der Waals surface area contributed by atoms with Gasteiger partial charge in [-0.15, -0.1) is 0 Å². The summed E-state index contributed by atoms with van der Waals surface area (Å²) < 4.78 is 11.1. The summed E-state index contributed by atoms with van der Waals surface area (Å²) in [5.41, 5.74) is 8.42. The molecule has 2 aromatic heterocycles. The minimum Gasteiger partial charge on any atom is -0.464 e. The smallest absolute Gasteiger partial charge is 0.134 e. The van der Waals surface area contributed by atoms with Gasteiger partial charge in [-0.2, -0.15) is 0 Å². The van der Waals surface area contributed by atoms with Gasteiger partial charge in [0, 0.05) is 22.1 Å². The third kappa shape index (κ3) is 3.36. The summed E-state index contributed by atoms with van der Waals surface area (Å²) in [5, 5.41) is 5.77. The number of hydrogen-bond acceptors (Lipinski definition) is 3. The standard InChI is InChI=1S/C28H19NO2/c1-3-21(23-9-7-19-11-13-30-27(19)17-23)15-25(5-1)29-26-6-2-4-22(16-26)24-10-8-20-12-14-31-28(20)18-24/h1-18,29H. The van der Waals surface area contributed by atoms with Crippen molar-refractivity contribution >= 4 is 33.3 Å². The summed E-state index contributed by atoms with van der Waals surface area (Å²) in [6.07, 6.45) is 3.45. The molecule has 0 saturated carbocycles. The fourth-order valence-corrected chi connectivity index (χ4v) is 3.99. The number of rotatable bonds is 4. The molecule has 0 unspecified atom stereocenters. The van der Waals surface area contributed by atoms with Crippen LogP contribution >= 0.6 is 0 Å². The Bertz CT molecular complexity index is 1410. The van der Waals surface area contributed by atoms with Crippen LogP contribution in [0.2, 0.25) is 0 Å². The molecule has 0 aliphatic rings. The topological polar surface area (TPSA) is 38.3 Å². The summed E-state index contributed by atoms with van der Waals surface area (Å²) >= 11 is 0. The van der Waals surface area contributed by atoms with Crippen molar-refractivity contribution in [3.63, 3.8) is 0 Å². The van der Waals surface area contributed by atoms with Crippen molar-refractivity contribution in [2.45, 2.75) is 0 Å². The second-order valence-electron chi connectivity index (χ2n) is 7.63. The number of benzene rings is 4. The van der Waals surface area contributed by atoms with Crippen LogP contribution in [0, 0.1) is 0 Å². The molecule has 3 heteroatoms. The van der Waals surface area contributed by atoms with E-state index in [-0.39, 0.29) is 0 Å². The lowest BCUT2D eigenvalue weighted by atomic mass is 10.0. The van der Waals surface area contributed by atoms with Gasteiger partial charge >= 0.3 is 0 Å². The van der Waals surface area contributed by atoms with Gasteiger partial charge < -0.3 is 14.2 Å². The van der Waals surface area contributed by atoms with Gasteiger partial charge in [-0.1, -0.05) is 48.5 Å². The van der Waals surface area contributed by atoms with E-state index in [0.717, 1.165) is 55.6 Å². The fourth-order valence-electron chi connectivity index (χ4n) is 3.99. The number of nitrogens with one attached hydrogen (secondary N) is 1. The lowest BCUT2D eigenvalue weighted by Gasteiger charge is -2.11. The van der Waals surface area contributed by atoms with Crippen molar-refractivity contribution in [2.24, 2.45) is 0 Å². The van der Waals surface area contributed by atoms with Gasteiger partial charge in [0.2, 0.25) is 0 Å². The van der Waals surface area contributed by atoms with E-state index in [9.17, 15) is 0 Å². The Balaban J connectivity index is 1.30. The van der Waals surface area contributed by atoms with Crippen LogP contribution in [0.1, 0.15) is 0 Å². The minimum absolute atomic E-state index is 0.900. The molecule has 0 amide bonds. The summed E-state index contributed by atoms with van der Waals surface area (Å²) in [7, 11) is 0. The van der Waals surface area contributed by atoms with Crippen LogP contribution in [0.4, 0.5) is 11.4 Å². The van der Waals surface area contributed by atoms with Gasteiger partial charge in [0.05, 0.1) is 12.5 Å². The molecule has 0 atom stereocenters. The van der Waals surface area contributed by atoms with Crippen molar-refractivity contribution in [3.8, 4) is 22.3 Å². The van der Waals surface area contributed by atoms with E-state index in [1.165, 1.54) is 0 Å². The quantitative estimate of drug-likeness (QED) is 0.323. The highest BCUT2D eigenvalue weighted by molar-refractivity contribution is 5.85. The van der Waals surface area contributed by atoms with Crippen molar-refractivity contribution in [1.82, 2.24) is 0 Å². The molecule has 0 aliphatic heterocycles. The van der Waals surface area contributed by atoms with Gasteiger partial charge in [0.25, 0.3) is 0 Å². The van der Waals surface area contributed by atoms with E-state index in [0.29, 0.717) is 0 Å². The molecular weight excluding hydrogens is 382 g/mol. The normalized spacial score (nSPS) is 11.2. The van der Waals surface area contributed by atoms with Gasteiger partial charge in [0.1, 0.15) is 11.2 Å². The second-order valence-corrected chi connectivity index (χ2v) is 7.63. The van der Waals surface area contributed by atoms with Crippen LogP contribution in [0.3, 0.4) is 0 Å². The van der Waals surface area contributed by atoms with Crippen LogP contribution in [-0.2, 0) is 0 Å². The van der Waals surface area contributed by atoms with E-state index in [4.69, 9.17) is 8.83 Å². The van der Waals surface area contributed by atoms with E-state index in [2.05, 4.69) is 90.2 Å². The second kappa shape index (κ2) is 7.22.